The maximum absolute atomic E-state index is 11.7. The summed E-state index contributed by atoms with van der Waals surface area (Å²) in [6.45, 7) is 2.54. The van der Waals surface area contributed by atoms with Gasteiger partial charge >= 0.3 is 5.97 Å². The van der Waals surface area contributed by atoms with Gasteiger partial charge in [0.25, 0.3) is 0 Å². The molecule has 0 unspecified atom stereocenters. The summed E-state index contributed by atoms with van der Waals surface area (Å²) >= 11 is 0. The Bertz CT molecular complexity index is 278. The average molecular weight is 348 g/mol. The number of hydrogen-bond donors (Lipinski definition) is 1. The molecule has 0 fully saturated rings. The molecule has 0 aromatic heterocycles. The monoisotopic (exact) mass is 347 g/mol. The van der Waals surface area contributed by atoms with Gasteiger partial charge < -0.3 is 10.0 Å². The zero-order chi connectivity index (χ0) is 15.2. The third-order valence-corrected chi connectivity index (χ3v) is 3.58. The Kier molecular flexibility index (Phi) is 26.6. The van der Waals surface area contributed by atoms with Crippen molar-refractivity contribution in [3.63, 3.8) is 0 Å². The van der Waals surface area contributed by atoms with Crippen LogP contribution in [0.5, 0.6) is 0 Å². The molecule has 2 radical (unpaired) electrons. The number of hydrogen-bond acceptors (Lipinski definition) is 2. The van der Waals surface area contributed by atoms with Gasteiger partial charge in [-0.1, -0.05) is 58.3 Å². The first kappa shape index (κ1) is 28.4. The number of carboxylic acid groups (broad SMARTS) is 1. The third-order valence-electron chi connectivity index (χ3n) is 3.58. The van der Waals surface area contributed by atoms with Crippen LogP contribution in [0, 0.1) is 0 Å². The van der Waals surface area contributed by atoms with Crippen molar-refractivity contribution in [1.29, 1.82) is 0 Å². The molecule has 0 spiro atoms. The van der Waals surface area contributed by atoms with Gasteiger partial charge in [-0.2, -0.15) is 0 Å². The van der Waals surface area contributed by atoms with E-state index in [0.717, 1.165) is 12.8 Å². The average Bonchev–Trinajstić information content (AvgIpc) is 2.42. The van der Waals surface area contributed by atoms with Gasteiger partial charge in [-0.25, -0.2) is 0 Å². The van der Waals surface area contributed by atoms with Gasteiger partial charge in [-0.3, -0.25) is 9.59 Å². The second-order valence-corrected chi connectivity index (χ2v) is 5.54. The molecular weight excluding hydrogens is 316 g/mol. The fourth-order valence-corrected chi connectivity index (χ4v) is 2.17. The Morgan fingerprint density at radius 1 is 0.864 bits per heavy atom. The topological polar surface area (TPSA) is 57.6 Å². The van der Waals surface area contributed by atoms with Crippen LogP contribution < -0.4 is 0 Å². The van der Waals surface area contributed by atoms with Crippen LogP contribution in [0.2, 0.25) is 0 Å². The zero-order valence-electron chi connectivity index (χ0n) is 15.2. The van der Waals surface area contributed by atoms with Crippen LogP contribution in [-0.2, 0) is 9.59 Å². The first-order valence-electron chi connectivity index (χ1n) is 8.03. The summed E-state index contributed by atoms with van der Waals surface area (Å²) in [7, 11) is 1.68. The number of aliphatic carboxylic acids is 1. The quantitative estimate of drug-likeness (QED) is 0.411. The van der Waals surface area contributed by atoms with Gasteiger partial charge in [0, 0.05) is 101 Å². The molecule has 0 aliphatic rings. The summed E-state index contributed by atoms with van der Waals surface area (Å²) in [6, 6.07) is 0. The first-order chi connectivity index (χ1) is 9.57. The molecule has 0 saturated heterocycles. The Hall–Kier alpha value is 1.58. The van der Waals surface area contributed by atoms with Crippen LogP contribution in [0.1, 0.15) is 77.6 Å². The van der Waals surface area contributed by atoms with Gasteiger partial charge in [-0.15, -0.1) is 0 Å². The van der Waals surface area contributed by atoms with Gasteiger partial charge in [0.15, 0.2) is 0 Å². The van der Waals surface area contributed by atoms with Crippen LogP contribution in [-0.4, -0.2) is 116 Å². The van der Waals surface area contributed by atoms with E-state index in [-0.39, 0.29) is 93.3 Å². The molecular formula is C16H31KNNaO3. The molecule has 4 nitrogen and oxygen atoms in total. The third kappa shape index (κ3) is 19.6. The van der Waals surface area contributed by atoms with E-state index in [1.807, 2.05) is 0 Å². The molecule has 0 aromatic carbocycles. The van der Waals surface area contributed by atoms with Crippen molar-refractivity contribution in [3.8, 4) is 0 Å². The molecule has 0 aliphatic carbocycles. The van der Waals surface area contributed by atoms with Crippen molar-refractivity contribution < 1.29 is 14.7 Å². The fraction of sp³-hybridized carbons (Fsp3) is 0.875. The van der Waals surface area contributed by atoms with Crippen LogP contribution >= 0.6 is 0 Å². The molecule has 1 N–H and O–H groups in total. The molecule has 0 bridgehead atoms. The Morgan fingerprint density at radius 2 is 1.32 bits per heavy atom. The maximum Gasteiger partial charge on any atom is 0.305 e. The zero-order valence-corrected chi connectivity index (χ0v) is 20.3. The van der Waals surface area contributed by atoms with Crippen molar-refractivity contribution in [1.82, 2.24) is 4.90 Å². The standard InChI is InChI=1S/C16H31NO3.K.Na/c1-3-4-5-6-7-8-9-10-11-12-15(18)17(2)14-13-16(19)20;;/h3-14H2,1-2H3,(H,19,20);;. The maximum atomic E-state index is 11.7. The Balaban J connectivity index is -0.00000180. The number of nitrogens with zero attached hydrogens (tertiary/aromatic N) is 1. The molecule has 1 amide bonds. The largest absolute Gasteiger partial charge is 0.481 e. The smallest absolute Gasteiger partial charge is 0.305 e. The van der Waals surface area contributed by atoms with E-state index in [0.29, 0.717) is 13.0 Å². The first-order valence-corrected chi connectivity index (χ1v) is 8.03. The van der Waals surface area contributed by atoms with Crippen molar-refractivity contribution in [2.45, 2.75) is 77.6 Å². The predicted octanol–water partition coefficient (Wildman–Crippen LogP) is 3.08. The van der Waals surface area contributed by atoms with E-state index in [4.69, 9.17) is 5.11 Å². The molecule has 0 rings (SSSR count). The second-order valence-electron chi connectivity index (χ2n) is 5.54. The molecule has 6 heteroatoms. The molecule has 0 heterocycles. The Morgan fingerprint density at radius 3 is 1.77 bits per heavy atom. The predicted molar refractivity (Wildman–Crippen MR) is 93.2 cm³/mol. The molecule has 0 atom stereocenters. The van der Waals surface area contributed by atoms with E-state index >= 15 is 0 Å². The minimum Gasteiger partial charge on any atom is -0.481 e. The number of carbonyl (C=O) groups is 2. The summed E-state index contributed by atoms with van der Waals surface area (Å²) in [5.74, 6) is -0.790. The molecule has 0 aliphatic heterocycles. The summed E-state index contributed by atoms with van der Waals surface area (Å²) in [6.07, 6.45) is 11.7. The number of unbranched alkanes of at least 4 members (excludes halogenated alkanes) is 8. The SMILES string of the molecule is CCCCCCCCCCCC(=O)N(C)CCC(=O)O.[K].[Na]. The van der Waals surface area contributed by atoms with Gasteiger partial charge in [0.2, 0.25) is 5.91 Å². The van der Waals surface area contributed by atoms with Crippen molar-refractivity contribution in [3.05, 3.63) is 0 Å². The number of carboxylic acids is 1. The van der Waals surface area contributed by atoms with Crippen LogP contribution in [0.3, 0.4) is 0 Å². The minimum atomic E-state index is -0.854. The van der Waals surface area contributed by atoms with Crippen LogP contribution in [0.25, 0.3) is 0 Å². The van der Waals surface area contributed by atoms with E-state index in [1.165, 1.54) is 49.8 Å². The second kappa shape index (κ2) is 20.6. The summed E-state index contributed by atoms with van der Waals surface area (Å²) in [5, 5.41) is 8.56. The van der Waals surface area contributed by atoms with Gasteiger partial charge in [0.1, 0.15) is 0 Å². The summed E-state index contributed by atoms with van der Waals surface area (Å²) in [5.41, 5.74) is 0. The molecule has 0 saturated carbocycles. The fourth-order valence-electron chi connectivity index (χ4n) is 2.17. The van der Waals surface area contributed by atoms with E-state index in [1.54, 1.807) is 7.05 Å². The van der Waals surface area contributed by atoms with E-state index in [9.17, 15) is 9.59 Å². The number of amides is 1. The van der Waals surface area contributed by atoms with Crippen molar-refractivity contribution in [2.75, 3.05) is 13.6 Å². The minimum absolute atomic E-state index is 0. The van der Waals surface area contributed by atoms with Gasteiger partial charge in [0.05, 0.1) is 6.42 Å². The molecule has 22 heavy (non-hydrogen) atoms. The van der Waals surface area contributed by atoms with Crippen molar-refractivity contribution in [2.24, 2.45) is 0 Å². The summed E-state index contributed by atoms with van der Waals surface area (Å²) in [4.78, 5) is 23.6. The molecule has 0 aromatic rings. The van der Waals surface area contributed by atoms with E-state index < -0.39 is 5.97 Å². The van der Waals surface area contributed by atoms with Crippen molar-refractivity contribution >= 4 is 92.8 Å². The van der Waals surface area contributed by atoms with E-state index in [2.05, 4.69) is 6.92 Å². The van der Waals surface area contributed by atoms with Crippen LogP contribution in [0.15, 0.2) is 0 Å². The Labute approximate surface area is 200 Å². The van der Waals surface area contributed by atoms with Crippen LogP contribution in [0.4, 0.5) is 0 Å². The number of carbonyl (C=O) groups excluding carboxylic acids is 1. The van der Waals surface area contributed by atoms with Gasteiger partial charge in [-0.05, 0) is 6.42 Å². The number of rotatable bonds is 13. The normalized spacial score (nSPS) is 9.55. The molecule has 120 valence electrons. The summed E-state index contributed by atoms with van der Waals surface area (Å²) < 4.78 is 0.